The molecule has 1 heterocycles. The summed E-state index contributed by atoms with van der Waals surface area (Å²) in [7, 11) is 0. The smallest absolute Gasteiger partial charge is 0.255 e. The molecule has 0 aromatic heterocycles. The summed E-state index contributed by atoms with van der Waals surface area (Å²) in [5, 5.41) is 3.01. The molecule has 2 N–H and O–H groups in total. The maximum absolute atomic E-state index is 12.7. The van der Waals surface area contributed by atoms with E-state index in [9.17, 15) is 4.79 Å². The fourth-order valence-electron chi connectivity index (χ4n) is 3.56. The Labute approximate surface area is 191 Å². The van der Waals surface area contributed by atoms with Gasteiger partial charge in [0, 0.05) is 16.8 Å². The van der Waals surface area contributed by atoms with E-state index < -0.39 is 0 Å². The molecule has 0 bridgehead atoms. The number of morpholine rings is 1. The van der Waals surface area contributed by atoms with Crippen LogP contribution in [0.15, 0.2) is 77.3 Å². The molecule has 0 aliphatic carbocycles. The number of carbonyl (C=O) groups excluding carboxylic acids is 1. The number of halogens is 1. The predicted molar refractivity (Wildman–Crippen MR) is 125 cm³/mol. The lowest BCUT2D eigenvalue weighted by molar-refractivity contribution is -0.921. The minimum absolute atomic E-state index is 0.117. The molecule has 1 aliphatic heterocycles. The van der Waals surface area contributed by atoms with Crippen LogP contribution < -0.4 is 15.0 Å². The maximum Gasteiger partial charge on any atom is 0.255 e. The third-order valence-electron chi connectivity index (χ3n) is 5.29. The topological polar surface area (TPSA) is 52.0 Å². The molecule has 160 valence electrons. The lowest BCUT2D eigenvalue weighted by atomic mass is 10.1. The number of rotatable bonds is 7. The van der Waals surface area contributed by atoms with Crippen LogP contribution in [0.5, 0.6) is 5.75 Å². The Balaban J connectivity index is 1.33. The van der Waals surface area contributed by atoms with Gasteiger partial charge < -0.3 is 19.7 Å². The number of ether oxygens (including phenoxy) is 2. The van der Waals surface area contributed by atoms with Crippen molar-refractivity contribution < 1.29 is 19.2 Å². The molecule has 0 unspecified atom stereocenters. The van der Waals surface area contributed by atoms with Crippen LogP contribution in [0.3, 0.4) is 0 Å². The molecule has 1 aliphatic rings. The van der Waals surface area contributed by atoms with Crippen LogP contribution in [0.4, 0.5) is 5.69 Å². The first-order valence-electron chi connectivity index (χ1n) is 10.5. The number of carbonyl (C=O) groups is 1. The average molecular weight is 482 g/mol. The van der Waals surface area contributed by atoms with Gasteiger partial charge in [0.15, 0.2) is 0 Å². The number of quaternary nitrogens is 1. The van der Waals surface area contributed by atoms with Gasteiger partial charge in [0.05, 0.1) is 17.7 Å². The first kappa shape index (κ1) is 21.6. The van der Waals surface area contributed by atoms with Gasteiger partial charge in [0.2, 0.25) is 0 Å². The van der Waals surface area contributed by atoms with Crippen LogP contribution >= 0.6 is 15.9 Å². The molecule has 31 heavy (non-hydrogen) atoms. The van der Waals surface area contributed by atoms with E-state index in [4.69, 9.17) is 9.47 Å². The second kappa shape index (κ2) is 10.6. The number of hydrogen-bond donors (Lipinski definition) is 2. The molecule has 3 aromatic rings. The highest BCUT2D eigenvalue weighted by Crippen LogP contribution is 2.24. The van der Waals surface area contributed by atoms with Crippen LogP contribution in [0.25, 0.3) is 0 Å². The Morgan fingerprint density at radius 2 is 1.74 bits per heavy atom. The third kappa shape index (κ3) is 6.17. The monoisotopic (exact) mass is 481 g/mol. The molecule has 0 saturated carbocycles. The van der Waals surface area contributed by atoms with Gasteiger partial charge in [0.1, 0.15) is 32.0 Å². The maximum atomic E-state index is 12.7. The van der Waals surface area contributed by atoms with Crippen molar-refractivity contribution in [3.05, 3.63) is 94.0 Å². The van der Waals surface area contributed by atoms with E-state index in [-0.39, 0.29) is 5.91 Å². The number of anilines is 1. The summed E-state index contributed by atoms with van der Waals surface area (Å²) in [5.74, 6) is 0.678. The predicted octanol–water partition coefficient (Wildman–Crippen LogP) is 3.70. The van der Waals surface area contributed by atoms with E-state index in [1.807, 2.05) is 60.7 Å². The fraction of sp³-hybridized carbons (Fsp3) is 0.240. The summed E-state index contributed by atoms with van der Waals surface area (Å²) in [4.78, 5) is 14.2. The highest BCUT2D eigenvalue weighted by Gasteiger charge is 2.14. The molecule has 4 rings (SSSR count). The molecule has 1 saturated heterocycles. The zero-order valence-corrected chi connectivity index (χ0v) is 18.9. The van der Waals surface area contributed by atoms with Crippen molar-refractivity contribution in [2.45, 2.75) is 13.2 Å². The Morgan fingerprint density at radius 1 is 0.968 bits per heavy atom. The zero-order valence-electron chi connectivity index (χ0n) is 17.3. The van der Waals surface area contributed by atoms with E-state index >= 15 is 0 Å². The zero-order chi connectivity index (χ0) is 21.5. The molecular formula is C25H26BrN2O3+. The molecule has 3 aromatic carbocycles. The van der Waals surface area contributed by atoms with Crippen molar-refractivity contribution in [1.29, 1.82) is 0 Å². The Bertz CT molecular complexity index is 1020. The van der Waals surface area contributed by atoms with Gasteiger partial charge in [-0.1, -0.05) is 36.4 Å². The second-order valence-corrected chi connectivity index (χ2v) is 8.46. The summed E-state index contributed by atoms with van der Waals surface area (Å²) in [6.07, 6.45) is 0. The van der Waals surface area contributed by atoms with Crippen molar-refractivity contribution in [2.75, 3.05) is 31.6 Å². The van der Waals surface area contributed by atoms with Crippen LogP contribution in [0.1, 0.15) is 21.5 Å². The van der Waals surface area contributed by atoms with E-state index in [1.165, 1.54) is 10.5 Å². The summed E-state index contributed by atoms with van der Waals surface area (Å²) in [6, 6.07) is 23.3. The SMILES string of the molecule is O=C(Nc1cccc(C[NH+]2CCOCC2)c1)c1ccc(COc2ccccc2Br)cc1. The normalized spacial score (nSPS) is 14.2. The highest BCUT2D eigenvalue weighted by atomic mass is 79.9. The third-order valence-corrected chi connectivity index (χ3v) is 5.94. The summed E-state index contributed by atoms with van der Waals surface area (Å²) >= 11 is 3.48. The number of para-hydroxylation sites is 1. The van der Waals surface area contributed by atoms with Crippen LogP contribution in [0.2, 0.25) is 0 Å². The molecule has 6 heteroatoms. The van der Waals surface area contributed by atoms with Gasteiger partial charge in [-0.2, -0.15) is 0 Å². The van der Waals surface area contributed by atoms with Gasteiger partial charge in [0.25, 0.3) is 5.91 Å². The summed E-state index contributed by atoms with van der Waals surface area (Å²) in [6.45, 7) is 5.06. The molecular weight excluding hydrogens is 456 g/mol. The largest absolute Gasteiger partial charge is 0.488 e. The average Bonchev–Trinajstić information content (AvgIpc) is 2.80. The van der Waals surface area contributed by atoms with Gasteiger partial charge in [-0.15, -0.1) is 0 Å². The first-order chi connectivity index (χ1) is 15.2. The Kier molecular flexibility index (Phi) is 7.35. The van der Waals surface area contributed by atoms with Crippen LogP contribution in [-0.4, -0.2) is 32.2 Å². The highest BCUT2D eigenvalue weighted by molar-refractivity contribution is 9.10. The minimum Gasteiger partial charge on any atom is -0.488 e. The van der Waals surface area contributed by atoms with Gasteiger partial charge in [-0.05, 0) is 57.9 Å². The van der Waals surface area contributed by atoms with E-state index in [0.29, 0.717) is 12.2 Å². The number of amides is 1. The Hall–Kier alpha value is -2.67. The van der Waals surface area contributed by atoms with Crippen LogP contribution in [0, 0.1) is 0 Å². The van der Waals surface area contributed by atoms with Crippen molar-refractivity contribution in [3.63, 3.8) is 0 Å². The number of nitrogens with one attached hydrogen (secondary N) is 2. The van der Waals surface area contributed by atoms with E-state index in [0.717, 1.165) is 54.3 Å². The van der Waals surface area contributed by atoms with E-state index in [2.05, 4.69) is 33.4 Å². The second-order valence-electron chi connectivity index (χ2n) is 7.61. The van der Waals surface area contributed by atoms with Gasteiger partial charge >= 0.3 is 0 Å². The molecule has 1 amide bonds. The van der Waals surface area contributed by atoms with Gasteiger partial charge in [-0.3, -0.25) is 4.79 Å². The molecule has 0 radical (unpaired) electrons. The summed E-state index contributed by atoms with van der Waals surface area (Å²) in [5.41, 5.74) is 3.66. The molecule has 5 nitrogen and oxygen atoms in total. The van der Waals surface area contributed by atoms with Crippen molar-refractivity contribution in [2.24, 2.45) is 0 Å². The van der Waals surface area contributed by atoms with Crippen molar-refractivity contribution in [3.8, 4) is 5.75 Å². The minimum atomic E-state index is -0.117. The lowest BCUT2D eigenvalue weighted by Gasteiger charge is -2.23. The molecule has 1 fully saturated rings. The Morgan fingerprint density at radius 3 is 2.52 bits per heavy atom. The van der Waals surface area contributed by atoms with Gasteiger partial charge in [-0.25, -0.2) is 0 Å². The number of benzene rings is 3. The molecule has 0 atom stereocenters. The first-order valence-corrected chi connectivity index (χ1v) is 11.2. The standard InChI is InChI=1S/C25H25BrN2O3/c26-23-6-1-2-7-24(23)31-18-19-8-10-21(11-9-19)25(29)27-22-5-3-4-20(16-22)17-28-12-14-30-15-13-28/h1-11,16H,12-15,17-18H2,(H,27,29)/p+1. The fourth-order valence-corrected chi connectivity index (χ4v) is 3.96. The van der Waals surface area contributed by atoms with Crippen LogP contribution in [-0.2, 0) is 17.9 Å². The summed E-state index contributed by atoms with van der Waals surface area (Å²) < 4.78 is 12.2. The van der Waals surface area contributed by atoms with E-state index in [1.54, 1.807) is 0 Å². The molecule has 0 spiro atoms. The lowest BCUT2D eigenvalue weighted by Crippen LogP contribution is -3.12. The van der Waals surface area contributed by atoms with Crippen molar-refractivity contribution in [1.82, 2.24) is 0 Å². The number of hydrogen-bond acceptors (Lipinski definition) is 3. The van der Waals surface area contributed by atoms with Crippen molar-refractivity contribution >= 4 is 27.5 Å². The quantitative estimate of drug-likeness (QED) is 0.540.